The van der Waals surface area contributed by atoms with E-state index in [-0.39, 0.29) is 11.7 Å². The van der Waals surface area contributed by atoms with Crippen LogP contribution in [0.1, 0.15) is 12.0 Å². The van der Waals surface area contributed by atoms with Crippen molar-refractivity contribution in [2.45, 2.75) is 12.8 Å². The van der Waals surface area contributed by atoms with Gasteiger partial charge in [0.15, 0.2) is 0 Å². The number of aromatic hydroxyl groups is 1. The van der Waals surface area contributed by atoms with Gasteiger partial charge in [0.1, 0.15) is 5.75 Å². The summed E-state index contributed by atoms with van der Waals surface area (Å²) in [5.74, 6) is 0.101. The Kier molecular flexibility index (Phi) is 5.66. The van der Waals surface area contributed by atoms with Gasteiger partial charge in [-0.25, -0.2) is 5.01 Å². The highest BCUT2D eigenvalue weighted by atomic mass is 79.9. The van der Waals surface area contributed by atoms with Gasteiger partial charge in [-0.2, -0.15) is 0 Å². The molecule has 22 heavy (non-hydrogen) atoms. The van der Waals surface area contributed by atoms with Crippen LogP contribution >= 0.6 is 15.9 Å². The summed E-state index contributed by atoms with van der Waals surface area (Å²) in [6.45, 7) is 0. The number of halogens is 1. The lowest BCUT2D eigenvalue weighted by Gasteiger charge is -2.09. The minimum Gasteiger partial charge on any atom is -0.508 e. The van der Waals surface area contributed by atoms with Crippen molar-refractivity contribution in [3.05, 3.63) is 58.6 Å². The second-order valence-electron chi connectivity index (χ2n) is 4.75. The normalized spacial score (nSPS) is 10.8. The highest BCUT2D eigenvalue weighted by Gasteiger charge is 2.08. The third-order valence-electron chi connectivity index (χ3n) is 3.05. The lowest BCUT2D eigenvalue weighted by Crippen LogP contribution is -2.20. The fourth-order valence-corrected chi connectivity index (χ4v) is 2.02. The number of amides is 1. The third kappa shape index (κ3) is 4.96. The first kappa shape index (κ1) is 16.2. The van der Waals surface area contributed by atoms with Gasteiger partial charge in [-0.05, 0) is 48.4 Å². The molecule has 0 heterocycles. The largest absolute Gasteiger partial charge is 0.508 e. The minimum absolute atomic E-state index is 0.117. The molecule has 0 saturated carbocycles. The van der Waals surface area contributed by atoms with Gasteiger partial charge in [0.2, 0.25) is 5.91 Å². The molecule has 1 amide bonds. The third-order valence-corrected chi connectivity index (χ3v) is 3.57. The Morgan fingerprint density at radius 1 is 1.14 bits per heavy atom. The SMILES string of the molecule is CN(N=Nc1ccc(Br)cc1)C(=O)CCc1ccc(O)cc1. The monoisotopic (exact) mass is 361 g/mol. The zero-order valence-corrected chi connectivity index (χ0v) is 13.7. The van der Waals surface area contributed by atoms with Crippen molar-refractivity contribution in [2.24, 2.45) is 10.3 Å². The van der Waals surface area contributed by atoms with Crippen molar-refractivity contribution in [1.82, 2.24) is 5.01 Å². The Bertz CT molecular complexity index is 654. The van der Waals surface area contributed by atoms with Crippen LogP contribution in [0.5, 0.6) is 5.75 Å². The van der Waals surface area contributed by atoms with Crippen molar-refractivity contribution < 1.29 is 9.90 Å². The maximum atomic E-state index is 12.0. The quantitative estimate of drug-likeness (QED) is 0.639. The predicted molar refractivity (Wildman–Crippen MR) is 87.9 cm³/mol. The number of phenols is 1. The molecule has 1 N–H and O–H groups in total. The van der Waals surface area contributed by atoms with E-state index in [2.05, 4.69) is 26.3 Å². The van der Waals surface area contributed by atoms with Gasteiger partial charge < -0.3 is 5.11 Å². The Morgan fingerprint density at radius 3 is 2.41 bits per heavy atom. The summed E-state index contributed by atoms with van der Waals surface area (Å²) in [7, 11) is 1.58. The average molecular weight is 362 g/mol. The molecule has 114 valence electrons. The molecular formula is C16H16BrN3O2. The first-order valence-electron chi connectivity index (χ1n) is 6.76. The topological polar surface area (TPSA) is 65.3 Å². The molecule has 0 bridgehead atoms. The van der Waals surface area contributed by atoms with Crippen LogP contribution < -0.4 is 0 Å². The van der Waals surface area contributed by atoms with Gasteiger partial charge >= 0.3 is 0 Å². The summed E-state index contributed by atoms with van der Waals surface area (Å²) in [5, 5.41) is 18.4. The number of carbonyl (C=O) groups is 1. The van der Waals surface area contributed by atoms with Crippen molar-refractivity contribution in [3.8, 4) is 5.75 Å². The van der Waals surface area contributed by atoms with Crippen LogP contribution in [0.3, 0.4) is 0 Å². The highest BCUT2D eigenvalue weighted by Crippen LogP contribution is 2.17. The van der Waals surface area contributed by atoms with Crippen molar-refractivity contribution in [1.29, 1.82) is 0 Å². The zero-order valence-electron chi connectivity index (χ0n) is 12.1. The number of nitrogens with zero attached hydrogens (tertiary/aromatic N) is 3. The van der Waals surface area contributed by atoms with Gasteiger partial charge in [0.05, 0.1) is 5.69 Å². The predicted octanol–water partition coefficient (Wildman–Crippen LogP) is 4.24. The lowest BCUT2D eigenvalue weighted by atomic mass is 10.1. The van der Waals surface area contributed by atoms with Crippen LogP contribution in [-0.4, -0.2) is 23.1 Å². The Labute approximate surface area is 137 Å². The maximum Gasteiger partial charge on any atom is 0.244 e. The van der Waals surface area contributed by atoms with E-state index in [4.69, 9.17) is 0 Å². The van der Waals surface area contributed by atoms with E-state index in [1.54, 1.807) is 31.3 Å². The van der Waals surface area contributed by atoms with E-state index in [9.17, 15) is 9.90 Å². The Hall–Kier alpha value is -2.21. The fourth-order valence-electron chi connectivity index (χ4n) is 1.75. The van der Waals surface area contributed by atoms with Gasteiger partial charge in [-0.15, -0.1) is 5.11 Å². The number of aryl methyl sites for hydroxylation is 1. The molecule has 2 aromatic carbocycles. The molecule has 0 aromatic heterocycles. The Balaban J connectivity index is 1.86. The zero-order chi connectivity index (χ0) is 15.9. The summed E-state index contributed by atoms with van der Waals surface area (Å²) in [5.41, 5.74) is 1.67. The van der Waals surface area contributed by atoms with Crippen LogP contribution in [0.4, 0.5) is 5.69 Å². The van der Waals surface area contributed by atoms with E-state index in [1.807, 2.05) is 24.3 Å². The highest BCUT2D eigenvalue weighted by molar-refractivity contribution is 9.10. The van der Waals surface area contributed by atoms with Crippen LogP contribution in [0.25, 0.3) is 0 Å². The van der Waals surface area contributed by atoms with Gasteiger partial charge in [0.25, 0.3) is 0 Å². The van der Waals surface area contributed by atoms with Crippen LogP contribution in [0.2, 0.25) is 0 Å². The van der Waals surface area contributed by atoms with Gasteiger partial charge in [0, 0.05) is 17.9 Å². The molecule has 0 aliphatic carbocycles. The number of carbonyl (C=O) groups excluding carboxylic acids is 1. The summed E-state index contributed by atoms with van der Waals surface area (Å²) in [6, 6.07) is 14.2. The Morgan fingerprint density at radius 2 is 1.77 bits per heavy atom. The average Bonchev–Trinajstić information content (AvgIpc) is 2.53. The molecule has 5 nitrogen and oxygen atoms in total. The molecule has 0 radical (unpaired) electrons. The molecule has 0 fully saturated rings. The summed E-state index contributed by atoms with van der Waals surface area (Å²) in [4.78, 5) is 12.0. The van der Waals surface area contributed by atoms with Crippen molar-refractivity contribution >= 4 is 27.5 Å². The molecule has 2 rings (SSSR count). The number of hydrogen-bond acceptors (Lipinski definition) is 4. The van der Waals surface area contributed by atoms with E-state index >= 15 is 0 Å². The van der Waals surface area contributed by atoms with E-state index in [1.165, 1.54) is 5.01 Å². The molecule has 0 saturated heterocycles. The van der Waals surface area contributed by atoms with Gasteiger partial charge in [-0.3, -0.25) is 4.79 Å². The fraction of sp³-hybridized carbons (Fsp3) is 0.188. The molecule has 0 aliphatic heterocycles. The smallest absolute Gasteiger partial charge is 0.244 e. The van der Waals surface area contributed by atoms with Crippen molar-refractivity contribution in [3.63, 3.8) is 0 Å². The number of benzene rings is 2. The van der Waals surface area contributed by atoms with Crippen LogP contribution in [0.15, 0.2) is 63.3 Å². The van der Waals surface area contributed by atoms with E-state index in [0.717, 1.165) is 10.0 Å². The lowest BCUT2D eigenvalue weighted by molar-refractivity contribution is -0.130. The second-order valence-corrected chi connectivity index (χ2v) is 5.67. The number of phenolic OH excluding ortho intramolecular Hbond substituents is 1. The molecule has 2 aromatic rings. The number of rotatable bonds is 5. The molecule has 0 atom stereocenters. The standard InChI is InChI=1S/C16H16BrN3O2/c1-20(19-18-14-7-5-13(17)6-8-14)16(22)11-4-12-2-9-15(21)10-3-12/h2-3,5-10,21H,4,11H2,1H3. The first-order valence-corrected chi connectivity index (χ1v) is 7.55. The van der Waals surface area contributed by atoms with E-state index < -0.39 is 0 Å². The minimum atomic E-state index is -0.117. The molecule has 0 spiro atoms. The maximum absolute atomic E-state index is 12.0. The van der Waals surface area contributed by atoms with Crippen molar-refractivity contribution in [2.75, 3.05) is 7.05 Å². The van der Waals surface area contributed by atoms with E-state index in [0.29, 0.717) is 18.5 Å². The van der Waals surface area contributed by atoms with Gasteiger partial charge in [-0.1, -0.05) is 33.3 Å². The molecule has 6 heteroatoms. The summed E-state index contributed by atoms with van der Waals surface area (Å²) in [6.07, 6.45) is 0.928. The number of hydrogen-bond donors (Lipinski definition) is 1. The molecule has 0 aliphatic rings. The molecular weight excluding hydrogens is 346 g/mol. The second kappa shape index (κ2) is 7.70. The molecule has 0 unspecified atom stereocenters. The van der Waals surface area contributed by atoms with Crippen LogP contribution in [0, 0.1) is 0 Å². The van der Waals surface area contributed by atoms with Crippen LogP contribution in [-0.2, 0) is 11.2 Å². The summed E-state index contributed by atoms with van der Waals surface area (Å²) >= 11 is 3.34. The first-order chi connectivity index (χ1) is 10.5. The summed E-state index contributed by atoms with van der Waals surface area (Å²) < 4.78 is 0.963.